The van der Waals surface area contributed by atoms with Gasteiger partial charge >= 0.3 is 0 Å². The Morgan fingerprint density at radius 1 is 1.04 bits per heavy atom. The minimum absolute atomic E-state index is 0.0532. The van der Waals surface area contributed by atoms with Crippen LogP contribution in [0.3, 0.4) is 0 Å². The maximum Gasteiger partial charge on any atom is 0.244 e. The molecule has 1 unspecified atom stereocenters. The van der Waals surface area contributed by atoms with E-state index in [9.17, 15) is 4.79 Å². The molecule has 1 aliphatic rings. The number of carbonyl (C=O) groups is 1. The fourth-order valence-electron chi connectivity index (χ4n) is 3.32. The summed E-state index contributed by atoms with van der Waals surface area (Å²) in [5.41, 5.74) is 2.16. The lowest BCUT2D eigenvalue weighted by atomic mass is 9.88. The van der Waals surface area contributed by atoms with Gasteiger partial charge in [0.05, 0.1) is 6.04 Å². The molecular weight excluding hydrogens is 329 g/mol. The normalized spacial score (nSPS) is 27.4. The van der Waals surface area contributed by atoms with E-state index in [4.69, 9.17) is 23.2 Å². The van der Waals surface area contributed by atoms with Crippen LogP contribution in [0.15, 0.2) is 60.7 Å². The molecule has 4 heteroatoms. The van der Waals surface area contributed by atoms with Crippen LogP contribution >= 0.6 is 23.2 Å². The van der Waals surface area contributed by atoms with Gasteiger partial charge in [0, 0.05) is 18.3 Å². The largest absolute Gasteiger partial charge is 0.329 e. The minimum Gasteiger partial charge on any atom is -0.329 e. The summed E-state index contributed by atoms with van der Waals surface area (Å²) in [7, 11) is 0. The first kappa shape index (κ1) is 16.4. The Balaban J connectivity index is 2.01. The van der Waals surface area contributed by atoms with Crippen LogP contribution in [0.4, 0.5) is 0 Å². The smallest absolute Gasteiger partial charge is 0.244 e. The number of hydrogen-bond acceptors (Lipinski definition) is 1. The van der Waals surface area contributed by atoms with Crippen LogP contribution in [0.25, 0.3) is 0 Å². The second-order valence-corrected chi connectivity index (χ2v) is 7.20. The molecule has 120 valence electrons. The van der Waals surface area contributed by atoms with E-state index in [-0.39, 0.29) is 17.9 Å². The van der Waals surface area contributed by atoms with E-state index in [1.165, 1.54) is 0 Å². The molecule has 1 aliphatic heterocycles. The lowest BCUT2D eigenvalue weighted by Crippen LogP contribution is -2.35. The highest BCUT2D eigenvalue weighted by Crippen LogP contribution is 2.48. The van der Waals surface area contributed by atoms with Crippen molar-refractivity contribution >= 4 is 29.1 Å². The predicted octanol–water partition coefficient (Wildman–Crippen LogP) is 4.62. The van der Waals surface area contributed by atoms with Crippen LogP contribution in [-0.4, -0.2) is 21.6 Å². The number of benzene rings is 2. The molecule has 23 heavy (non-hydrogen) atoms. The van der Waals surface area contributed by atoms with Gasteiger partial charge in [-0.15, -0.1) is 23.2 Å². The third kappa shape index (κ3) is 2.98. The molecule has 0 N–H and O–H groups in total. The van der Waals surface area contributed by atoms with Crippen molar-refractivity contribution in [1.29, 1.82) is 0 Å². The van der Waals surface area contributed by atoms with Crippen molar-refractivity contribution in [2.45, 2.75) is 24.4 Å². The van der Waals surface area contributed by atoms with Crippen molar-refractivity contribution in [3.63, 3.8) is 0 Å². The molecule has 2 nitrogen and oxygen atoms in total. The maximum atomic E-state index is 12.9. The first-order valence-corrected chi connectivity index (χ1v) is 8.61. The summed E-state index contributed by atoms with van der Waals surface area (Å²) in [6.45, 7) is 2.32. The third-order valence-corrected chi connectivity index (χ3v) is 5.37. The minimum atomic E-state index is -0.975. The Kier molecular flexibility index (Phi) is 4.65. The summed E-state index contributed by atoms with van der Waals surface area (Å²) >= 11 is 12.8. The molecule has 0 spiro atoms. The third-order valence-electron chi connectivity index (χ3n) is 4.60. The van der Waals surface area contributed by atoms with Gasteiger partial charge in [-0.1, -0.05) is 60.7 Å². The molecule has 1 amide bonds. The molecule has 0 aromatic heterocycles. The van der Waals surface area contributed by atoms with Crippen LogP contribution in [0.5, 0.6) is 0 Å². The number of amides is 1. The van der Waals surface area contributed by atoms with E-state index in [1.807, 2.05) is 65.6 Å². The molecular formula is C19H19Cl2NO. The van der Waals surface area contributed by atoms with E-state index in [1.54, 1.807) is 6.92 Å². The zero-order chi connectivity index (χ0) is 16.4. The first-order chi connectivity index (χ1) is 11.1. The number of likely N-dealkylation sites (tertiary alicyclic amines) is 1. The fourth-order valence-corrected chi connectivity index (χ4v) is 4.18. The Morgan fingerprint density at radius 3 is 2.17 bits per heavy atom. The van der Waals surface area contributed by atoms with Gasteiger partial charge in [0.15, 0.2) is 0 Å². The van der Waals surface area contributed by atoms with Gasteiger partial charge in [0.2, 0.25) is 5.91 Å². The summed E-state index contributed by atoms with van der Waals surface area (Å²) in [6, 6.07) is 19.9. The molecule has 3 rings (SSSR count). The molecule has 0 bridgehead atoms. The van der Waals surface area contributed by atoms with Crippen LogP contribution in [0, 0.1) is 5.92 Å². The number of nitrogens with zero attached hydrogens (tertiary/aromatic N) is 1. The second kappa shape index (κ2) is 6.54. The number of halogens is 2. The van der Waals surface area contributed by atoms with Crippen molar-refractivity contribution in [2.75, 3.05) is 5.88 Å². The summed E-state index contributed by atoms with van der Waals surface area (Å²) < 4.78 is 0. The highest BCUT2D eigenvalue weighted by atomic mass is 35.5. The number of rotatable bonds is 4. The summed E-state index contributed by atoms with van der Waals surface area (Å²) in [6.07, 6.45) is 0. The highest BCUT2D eigenvalue weighted by molar-refractivity contribution is 6.36. The molecule has 1 fully saturated rings. The molecule has 0 saturated carbocycles. The van der Waals surface area contributed by atoms with Crippen LogP contribution < -0.4 is 0 Å². The van der Waals surface area contributed by atoms with Crippen LogP contribution in [-0.2, 0) is 11.3 Å². The molecule has 2 aromatic rings. The molecule has 2 aromatic carbocycles. The van der Waals surface area contributed by atoms with Crippen molar-refractivity contribution in [2.24, 2.45) is 5.92 Å². The Labute approximate surface area is 147 Å². The summed E-state index contributed by atoms with van der Waals surface area (Å²) in [4.78, 5) is 13.8. The average molecular weight is 348 g/mol. The van der Waals surface area contributed by atoms with Gasteiger partial charge < -0.3 is 4.90 Å². The van der Waals surface area contributed by atoms with Crippen molar-refractivity contribution in [3.05, 3.63) is 71.8 Å². The van der Waals surface area contributed by atoms with Gasteiger partial charge in [-0.2, -0.15) is 0 Å². The molecule has 3 atom stereocenters. The van der Waals surface area contributed by atoms with Gasteiger partial charge in [-0.25, -0.2) is 0 Å². The Morgan fingerprint density at radius 2 is 1.61 bits per heavy atom. The lowest BCUT2D eigenvalue weighted by Gasteiger charge is -2.28. The summed E-state index contributed by atoms with van der Waals surface area (Å²) in [5, 5.41) is 0. The second-order valence-electron chi connectivity index (χ2n) is 6.11. The van der Waals surface area contributed by atoms with Gasteiger partial charge in [-0.05, 0) is 18.1 Å². The van der Waals surface area contributed by atoms with Crippen molar-refractivity contribution < 1.29 is 4.79 Å². The monoisotopic (exact) mass is 347 g/mol. The van der Waals surface area contributed by atoms with E-state index in [0.29, 0.717) is 12.4 Å². The predicted molar refractivity (Wildman–Crippen MR) is 94.6 cm³/mol. The number of hydrogen-bond donors (Lipinski definition) is 0. The maximum absolute atomic E-state index is 12.9. The topological polar surface area (TPSA) is 20.3 Å². The standard InChI is InChI=1S/C19H19Cl2NO/c1-19(21)16(12-20)17(15-10-6-3-7-11-15)22(18(19)23)13-14-8-4-2-5-9-14/h2-11,16-17H,12-13H2,1H3/t16-,17+,19?/m0/s1. The van der Waals surface area contributed by atoms with Crippen molar-refractivity contribution in [1.82, 2.24) is 4.90 Å². The average Bonchev–Trinajstić information content (AvgIpc) is 2.76. The van der Waals surface area contributed by atoms with E-state index in [0.717, 1.165) is 11.1 Å². The van der Waals surface area contributed by atoms with Gasteiger partial charge in [-0.3, -0.25) is 4.79 Å². The summed E-state index contributed by atoms with van der Waals surface area (Å²) in [5.74, 6) is 0.156. The molecule has 0 radical (unpaired) electrons. The zero-order valence-corrected chi connectivity index (χ0v) is 14.5. The van der Waals surface area contributed by atoms with E-state index >= 15 is 0 Å². The van der Waals surface area contributed by atoms with Crippen LogP contribution in [0.1, 0.15) is 24.1 Å². The van der Waals surface area contributed by atoms with Crippen LogP contribution in [0.2, 0.25) is 0 Å². The lowest BCUT2D eigenvalue weighted by molar-refractivity contribution is -0.131. The quantitative estimate of drug-likeness (QED) is 0.738. The fraction of sp³-hybridized carbons (Fsp3) is 0.316. The van der Waals surface area contributed by atoms with Gasteiger partial charge in [0.25, 0.3) is 0 Å². The van der Waals surface area contributed by atoms with E-state index < -0.39 is 4.87 Å². The molecule has 1 heterocycles. The number of carbonyl (C=O) groups excluding carboxylic acids is 1. The zero-order valence-electron chi connectivity index (χ0n) is 13.0. The SMILES string of the molecule is CC1(Cl)C(=O)N(Cc2ccccc2)[C@H](c2ccccc2)[C@@H]1CCl. The first-order valence-electron chi connectivity index (χ1n) is 7.70. The Bertz CT molecular complexity index is 672. The van der Waals surface area contributed by atoms with Gasteiger partial charge in [0.1, 0.15) is 4.87 Å². The molecule has 1 saturated heterocycles. The highest BCUT2D eigenvalue weighted by Gasteiger charge is 2.55. The number of alkyl halides is 2. The van der Waals surface area contributed by atoms with Crippen molar-refractivity contribution in [3.8, 4) is 0 Å². The Hall–Kier alpha value is -1.51. The van der Waals surface area contributed by atoms with E-state index in [2.05, 4.69) is 0 Å². The molecule has 0 aliphatic carbocycles.